The van der Waals surface area contributed by atoms with Crippen LogP contribution in [0.4, 0.5) is 8.96 Å². The lowest BCUT2D eigenvalue weighted by Gasteiger charge is -2.21. The Morgan fingerprint density at radius 2 is 1.00 bits per heavy atom. The molecule has 1 fully saturated rings. The van der Waals surface area contributed by atoms with Crippen LogP contribution in [0.15, 0.2) is 0 Å². The first kappa shape index (κ1) is 5.91. The van der Waals surface area contributed by atoms with Crippen LogP contribution in [0, 0.1) is 0 Å². The van der Waals surface area contributed by atoms with Gasteiger partial charge in [0.1, 0.15) is 0 Å². The Morgan fingerprint density at radius 3 is 1.25 bits per heavy atom. The first-order chi connectivity index (χ1) is 3.79. The van der Waals surface area contributed by atoms with Crippen molar-refractivity contribution in [2.45, 2.75) is 0 Å². The van der Waals surface area contributed by atoms with E-state index in [0.717, 1.165) is 0 Å². The average molecular weight is 122 g/mol. The Kier molecular flexibility index (Phi) is 1.75. The SMILES string of the molecule is FN1CCN(F)CC1. The van der Waals surface area contributed by atoms with E-state index in [4.69, 9.17) is 0 Å². The van der Waals surface area contributed by atoms with Crippen molar-refractivity contribution in [1.29, 1.82) is 0 Å². The van der Waals surface area contributed by atoms with Crippen LogP contribution in [0.1, 0.15) is 0 Å². The Labute approximate surface area is 46.5 Å². The Morgan fingerprint density at radius 1 is 0.750 bits per heavy atom. The van der Waals surface area contributed by atoms with Crippen molar-refractivity contribution >= 4 is 0 Å². The minimum Gasteiger partial charge on any atom is -0.144 e. The summed E-state index contributed by atoms with van der Waals surface area (Å²) in [5.41, 5.74) is 0. The molecule has 1 aliphatic heterocycles. The van der Waals surface area contributed by atoms with Gasteiger partial charge in [0.25, 0.3) is 0 Å². The minimum atomic E-state index is 0.191. The molecule has 0 unspecified atom stereocenters. The van der Waals surface area contributed by atoms with E-state index in [-0.39, 0.29) is 26.2 Å². The second-order valence-corrected chi connectivity index (χ2v) is 1.82. The number of hydrogen-bond acceptors (Lipinski definition) is 2. The van der Waals surface area contributed by atoms with Crippen LogP contribution in [0.3, 0.4) is 0 Å². The van der Waals surface area contributed by atoms with Gasteiger partial charge in [-0.2, -0.15) is 0 Å². The maximum absolute atomic E-state index is 12.0. The molecule has 0 aromatic heterocycles. The molecule has 48 valence electrons. The fraction of sp³-hybridized carbons (Fsp3) is 1.00. The standard InChI is InChI=1S/C4H8F2N2/c5-7-1-2-8(6)4-3-7/h1-4H2. The van der Waals surface area contributed by atoms with E-state index in [1.54, 1.807) is 0 Å². The lowest BCUT2D eigenvalue weighted by molar-refractivity contribution is -0.0851. The molecule has 0 bridgehead atoms. The largest absolute Gasteiger partial charge is 0.144 e. The lowest BCUT2D eigenvalue weighted by Crippen LogP contribution is -2.38. The molecule has 1 aliphatic rings. The highest BCUT2D eigenvalue weighted by Crippen LogP contribution is 2.00. The van der Waals surface area contributed by atoms with Crippen LogP contribution in [0.2, 0.25) is 0 Å². The predicted octanol–water partition coefficient (Wildman–Crippen LogP) is 0.373. The van der Waals surface area contributed by atoms with Gasteiger partial charge in [-0.1, -0.05) is 0 Å². The highest BCUT2D eigenvalue weighted by atomic mass is 19.2. The molecule has 0 saturated carbocycles. The van der Waals surface area contributed by atoms with E-state index in [9.17, 15) is 8.96 Å². The summed E-state index contributed by atoms with van der Waals surface area (Å²) in [6.07, 6.45) is 0. The first-order valence-electron chi connectivity index (χ1n) is 2.60. The normalized spacial score (nSPS) is 26.2. The van der Waals surface area contributed by atoms with Crippen LogP contribution < -0.4 is 0 Å². The van der Waals surface area contributed by atoms with Crippen molar-refractivity contribution in [1.82, 2.24) is 10.2 Å². The monoisotopic (exact) mass is 122 g/mol. The molecule has 1 saturated heterocycles. The van der Waals surface area contributed by atoms with Crippen LogP contribution in [-0.4, -0.2) is 36.4 Å². The van der Waals surface area contributed by atoms with Crippen molar-refractivity contribution in [3.05, 3.63) is 0 Å². The molecule has 0 atom stereocenters. The zero-order valence-corrected chi connectivity index (χ0v) is 4.48. The fourth-order valence-corrected chi connectivity index (χ4v) is 0.658. The van der Waals surface area contributed by atoms with Crippen molar-refractivity contribution in [3.8, 4) is 0 Å². The third-order valence-corrected chi connectivity index (χ3v) is 1.17. The summed E-state index contributed by atoms with van der Waals surface area (Å²) in [6, 6.07) is 0. The summed E-state index contributed by atoms with van der Waals surface area (Å²) in [5.74, 6) is 0. The first-order valence-corrected chi connectivity index (χ1v) is 2.60. The second kappa shape index (κ2) is 2.37. The zero-order chi connectivity index (χ0) is 5.98. The molecule has 4 heteroatoms. The number of halogens is 2. The van der Waals surface area contributed by atoms with E-state index in [0.29, 0.717) is 10.2 Å². The van der Waals surface area contributed by atoms with Gasteiger partial charge in [0.15, 0.2) is 0 Å². The van der Waals surface area contributed by atoms with Gasteiger partial charge >= 0.3 is 0 Å². The van der Waals surface area contributed by atoms with E-state index in [1.807, 2.05) is 0 Å². The lowest BCUT2D eigenvalue weighted by atomic mass is 10.4. The Balaban J connectivity index is 2.19. The van der Waals surface area contributed by atoms with Crippen LogP contribution in [0.25, 0.3) is 0 Å². The number of nitrogens with zero attached hydrogens (tertiary/aromatic N) is 2. The van der Waals surface area contributed by atoms with Gasteiger partial charge in [0.05, 0.1) is 0 Å². The molecule has 0 aromatic rings. The van der Waals surface area contributed by atoms with Crippen molar-refractivity contribution in [3.63, 3.8) is 0 Å². The highest BCUT2D eigenvalue weighted by molar-refractivity contribution is 4.58. The summed E-state index contributed by atoms with van der Waals surface area (Å²) in [5, 5.41) is 1.24. The van der Waals surface area contributed by atoms with Gasteiger partial charge in [-0.3, -0.25) is 0 Å². The summed E-state index contributed by atoms with van der Waals surface area (Å²) >= 11 is 0. The molecule has 0 N–H and O–H groups in total. The summed E-state index contributed by atoms with van der Waals surface area (Å²) in [7, 11) is 0. The van der Waals surface area contributed by atoms with Crippen LogP contribution >= 0.6 is 0 Å². The zero-order valence-electron chi connectivity index (χ0n) is 4.48. The van der Waals surface area contributed by atoms with Gasteiger partial charge in [-0.05, 0) is 0 Å². The minimum absolute atomic E-state index is 0.191. The number of rotatable bonds is 0. The van der Waals surface area contributed by atoms with Crippen LogP contribution in [-0.2, 0) is 0 Å². The van der Waals surface area contributed by atoms with E-state index in [2.05, 4.69) is 0 Å². The number of piperazine rings is 1. The van der Waals surface area contributed by atoms with Crippen molar-refractivity contribution in [2.75, 3.05) is 26.2 Å². The van der Waals surface area contributed by atoms with Gasteiger partial charge < -0.3 is 0 Å². The van der Waals surface area contributed by atoms with Gasteiger partial charge in [-0.25, -0.2) is 0 Å². The maximum atomic E-state index is 12.0. The smallest absolute Gasteiger partial charge is 0.0444 e. The third kappa shape index (κ3) is 1.38. The maximum Gasteiger partial charge on any atom is 0.0444 e. The van der Waals surface area contributed by atoms with Gasteiger partial charge in [0.2, 0.25) is 0 Å². The molecule has 1 rings (SSSR count). The van der Waals surface area contributed by atoms with Crippen LogP contribution in [0.5, 0.6) is 0 Å². The fourth-order valence-electron chi connectivity index (χ4n) is 0.658. The molecule has 8 heavy (non-hydrogen) atoms. The summed E-state index contributed by atoms with van der Waals surface area (Å²) < 4.78 is 24.0. The molecule has 1 heterocycles. The summed E-state index contributed by atoms with van der Waals surface area (Å²) in [4.78, 5) is 0. The molecule has 0 amide bonds. The molecular formula is C4H8F2N2. The second-order valence-electron chi connectivity index (χ2n) is 1.82. The average Bonchev–Trinajstić information content (AvgIpc) is 1.77. The van der Waals surface area contributed by atoms with Gasteiger partial charge in [-0.15, -0.1) is 19.2 Å². The summed E-state index contributed by atoms with van der Waals surface area (Å²) in [6.45, 7) is 0.764. The van der Waals surface area contributed by atoms with Crippen molar-refractivity contribution in [2.24, 2.45) is 0 Å². The van der Waals surface area contributed by atoms with E-state index < -0.39 is 0 Å². The molecule has 0 aromatic carbocycles. The third-order valence-electron chi connectivity index (χ3n) is 1.17. The van der Waals surface area contributed by atoms with E-state index >= 15 is 0 Å². The predicted molar refractivity (Wildman–Crippen MR) is 25.4 cm³/mol. The molecule has 0 radical (unpaired) electrons. The molecule has 0 spiro atoms. The molecule has 0 aliphatic carbocycles. The van der Waals surface area contributed by atoms with E-state index in [1.165, 1.54) is 0 Å². The van der Waals surface area contributed by atoms with Crippen molar-refractivity contribution < 1.29 is 8.96 Å². The Hall–Kier alpha value is -0.220. The Bertz CT molecular complexity index is 60.4. The van der Waals surface area contributed by atoms with Gasteiger partial charge in [0, 0.05) is 26.2 Å². The topological polar surface area (TPSA) is 6.48 Å². The molecule has 2 nitrogen and oxygen atoms in total. The molecular weight excluding hydrogens is 114 g/mol. The number of hydrogen-bond donors (Lipinski definition) is 0. The highest BCUT2D eigenvalue weighted by Gasteiger charge is 2.14. The quantitative estimate of drug-likeness (QED) is 0.428.